The molecule has 28 heavy (non-hydrogen) atoms. The van der Waals surface area contributed by atoms with Crippen LogP contribution in [0, 0.1) is 37.5 Å². The molecule has 0 aromatic heterocycles. The van der Waals surface area contributed by atoms with Gasteiger partial charge in [0, 0.05) is 5.69 Å². The predicted molar refractivity (Wildman–Crippen MR) is 110 cm³/mol. The Kier molecular flexibility index (Phi) is 7.25. The van der Waals surface area contributed by atoms with Crippen LogP contribution in [0.3, 0.4) is 0 Å². The second kappa shape index (κ2) is 9.85. The summed E-state index contributed by atoms with van der Waals surface area (Å²) in [5.41, 5.74) is 3.33. The number of nitrogens with one attached hydrogen (secondary N) is 1. The standard InChI is InChI=1S/C23H22N2O3/c1-5-11-28-21-10-8-18(14-22(21)27-6-2)13-19(15-24)23(26)25-20-9-7-16(3)12-17(20)4/h1,7-10,12-14H,6,11H2,2-4H3,(H,25,26)/b19-13+. The van der Waals surface area contributed by atoms with Crippen LogP contribution in [0.4, 0.5) is 5.69 Å². The fourth-order valence-corrected chi connectivity index (χ4v) is 2.58. The Bertz CT molecular complexity index is 978. The number of ether oxygens (including phenoxy) is 2. The zero-order valence-electron chi connectivity index (χ0n) is 16.2. The molecule has 142 valence electrons. The maximum atomic E-state index is 12.5. The van der Waals surface area contributed by atoms with Gasteiger partial charge in [-0.2, -0.15) is 5.26 Å². The molecule has 0 saturated carbocycles. The van der Waals surface area contributed by atoms with E-state index >= 15 is 0 Å². The van der Waals surface area contributed by atoms with Crippen LogP contribution in [-0.4, -0.2) is 19.1 Å². The first kappa shape index (κ1) is 20.6. The number of nitriles is 1. The van der Waals surface area contributed by atoms with Gasteiger partial charge in [-0.1, -0.05) is 29.7 Å². The monoisotopic (exact) mass is 374 g/mol. The minimum atomic E-state index is -0.472. The summed E-state index contributed by atoms with van der Waals surface area (Å²) in [6.07, 6.45) is 6.73. The maximum Gasteiger partial charge on any atom is 0.266 e. The molecular weight excluding hydrogens is 352 g/mol. The third-order valence-electron chi connectivity index (χ3n) is 3.88. The highest BCUT2D eigenvalue weighted by Crippen LogP contribution is 2.29. The average molecular weight is 374 g/mol. The number of terminal acetylenes is 1. The molecule has 0 atom stereocenters. The Labute approximate surface area is 165 Å². The van der Waals surface area contributed by atoms with Crippen LogP contribution in [0.25, 0.3) is 6.08 Å². The van der Waals surface area contributed by atoms with Crippen molar-refractivity contribution >= 4 is 17.7 Å². The van der Waals surface area contributed by atoms with Crippen molar-refractivity contribution in [3.05, 3.63) is 58.7 Å². The van der Waals surface area contributed by atoms with Crippen molar-refractivity contribution in [3.8, 4) is 29.9 Å². The summed E-state index contributed by atoms with van der Waals surface area (Å²) in [4.78, 5) is 12.5. The molecule has 0 aliphatic rings. The van der Waals surface area contributed by atoms with Gasteiger partial charge in [-0.05, 0) is 56.2 Å². The Balaban J connectivity index is 2.27. The van der Waals surface area contributed by atoms with E-state index in [1.807, 2.05) is 45.0 Å². The smallest absolute Gasteiger partial charge is 0.266 e. The van der Waals surface area contributed by atoms with Crippen LogP contribution < -0.4 is 14.8 Å². The van der Waals surface area contributed by atoms with Crippen molar-refractivity contribution in [1.82, 2.24) is 0 Å². The summed E-state index contributed by atoms with van der Waals surface area (Å²) >= 11 is 0. The number of hydrogen-bond donors (Lipinski definition) is 1. The number of amides is 1. The van der Waals surface area contributed by atoms with Gasteiger partial charge in [0.15, 0.2) is 11.5 Å². The molecule has 5 heteroatoms. The number of carbonyl (C=O) groups is 1. The maximum absolute atomic E-state index is 12.5. The second-order valence-corrected chi connectivity index (χ2v) is 6.07. The number of aryl methyl sites for hydroxylation is 2. The largest absolute Gasteiger partial charge is 0.490 e. The Hall–Kier alpha value is -3.70. The molecule has 0 aliphatic carbocycles. The highest BCUT2D eigenvalue weighted by molar-refractivity contribution is 6.10. The molecule has 2 rings (SSSR count). The summed E-state index contributed by atoms with van der Waals surface area (Å²) in [6, 6.07) is 12.8. The van der Waals surface area contributed by atoms with E-state index in [0.29, 0.717) is 29.4 Å². The second-order valence-electron chi connectivity index (χ2n) is 6.07. The van der Waals surface area contributed by atoms with Crippen LogP contribution >= 0.6 is 0 Å². The fourth-order valence-electron chi connectivity index (χ4n) is 2.58. The van der Waals surface area contributed by atoms with Gasteiger partial charge < -0.3 is 14.8 Å². The Morgan fingerprint density at radius 1 is 1.18 bits per heavy atom. The Morgan fingerprint density at radius 3 is 2.61 bits per heavy atom. The molecular formula is C23H22N2O3. The third kappa shape index (κ3) is 5.40. The summed E-state index contributed by atoms with van der Waals surface area (Å²) in [6.45, 7) is 6.30. The van der Waals surface area contributed by atoms with Crippen molar-refractivity contribution in [3.63, 3.8) is 0 Å². The number of carbonyl (C=O) groups excluding carboxylic acids is 1. The van der Waals surface area contributed by atoms with Gasteiger partial charge >= 0.3 is 0 Å². The quantitative estimate of drug-likeness (QED) is 0.447. The van der Waals surface area contributed by atoms with Gasteiger partial charge in [0.25, 0.3) is 5.91 Å². The predicted octanol–water partition coefficient (Wildman–Crippen LogP) is 4.26. The molecule has 1 N–H and O–H groups in total. The molecule has 5 nitrogen and oxygen atoms in total. The van der Waals surface area contributed by atoms with E-state index in [2.05, 4.69) is 11.2 Å². The highest BCUT2D eigenvalue weighted by Gasteiger charge is 2.12. The summed E-state index contributed by atoms with van der Waals surface area (Å²) in [5, 5.41) is 12.2. The lowest BCUT2D eigenvalue weighted by Crippen LogP contribution is -2.14. The van der Waals surface area contributed by atoms with Crippen LogP contribution in [0.5, 0.6) is 11.5 Å². The molecule has 0 heterocycles. The van der Waals surface area contributed by atoms with Gasteiger partial charge in [0.1, 0.15) is 18.2 Å². The van der Waals surface area contributed by atoms with E-state index in [1.165, 1.54) is 6.08 Å². The fraction of sp³-hybridized carbons (Fsp3) is 0.217. The van der Waals surface area contributed by atoms with Crippen molar-refractivity contribution in [1.29, 1.82) is 5.26 Å². The van der Waals surface area contributed by atoms with Gasteiger partial charge in [-0.15, -0.1) is 6.42 Å². The topological polar surface area (TPSA) is 71.3 Å². The van der Waals surface area contributed by atoms with Gasteiger partial charge in [-0.25, -0.2) is 0 Å². The van der Waals surface area contributed by atoms with E-state index in [9.17, 15) is 10.1 Å². The summed E-state index contributed by atoms with van der Waals surface area (Å²) in [5.74, 6) is 2.94. The number of hydrogen-bond acceptors (Lipinski definition) is 4. The highest BCUT2D eigenvalue weighted by atomic mass is 16.5. The van der Waals surface area contributed by atoms with Gasteiger partial charge in [0.05, 0.1) is 6.61 Å². The molecule has 2 aromatic rings. The first-order valence-corrected chi connectivity index (χ1v) is 8.82. The van der Waals surface area contributed by atoms with E-state index in [1.54, 1.807) is 18.2 Å². The molecule has 2 aromatic carbocycles. The molecule has 0 fully saturated rings. The van der Waals surface area contributed by atoms with Crippen LogP contribution in [-0.2, 0) is 4.79 Å². The van der Waals surface area contributed by atoms with Crippen molar-refractivity contribution < 1.29 is 14.3 Å². The minimum absolute atomic E-state index is 0.0142. The summed E-state index contributed by atoms with van der Waals surface area (Å²) < 4.78 is 11.0. The first-order chi connectivity index (χ1) is 13.5. The first-order valence-electron chi connectivity index (χ1n) is 8.82. The van der Waals surface area contributed by atoms with E-state index < -0.39 is 5.91 Å². The number of nitrogens with zero attached hydrogens (tertiary/aromatic N) is 1. The number of anilines is 1. The van der Waals surface area contributed by atoms with Gasteiger partial charge in [0.2, 0.25) is 0 Å². The van der Waals surface area contributed by atoms with Crippen LogP contribution in [0.2, 0.25) is 0 Å². The lowest BCUT2D eigenvalue weighted by molar-refractivity contribution is -0.112. The van der Waals surface area contributed by atoms with Gasteiger partial charge in [-0.3, -0.25) is 4.79 Å². The van der Waals surface area contributed by atoms with Crippen LogP contribution in [0.1, 0.15) is 23.6 Å². The SMILES string of the molecule is C#CCOc1ccc(/C=C(\C#N)C(=O)Nc2ccc(C)cc2C)cc1OCC. The average Bonchev–Trinajstić information content (AvgIpc) is 2.67. The molecule has 1 amide bonds. The van der Waals surface area contributed by atoms with E-state index in [-0.39, 0.29) is 12.2 Å². The third-order valence-corrected chi connectivity index (χ3v) is 3.88. The van der Waals surface area contributed by atoms with Crippen molar-refractivity contribution in [2.45, 2.75) is 20.8 Å². The van der Waals surface area contributed by atoms with Crippen LogP contribution in [0.15, 0.2) is 42.0 Å². The van der Waals surface area contributed by atoms with Crippen molar-refractivity contribution in [2.24, 2.45) is 0 Å². The number of rotatable bonds is 7. The molecule has 0 spiro atoms. The summed E-state index contributed by atoms with van der Waals surface area (Å²) in [7, 11) is 0. The molecule has 0 unspecified atom stereocenters. The van der Waals surface area contributed by atoms with E-state index in [0.717, 1.165) is 11.1 Å². The van der Waals surface area contributed by atoms with Crippen molar-refractivity contribution in [2.75, 3.05) is 18.5 Å². The van der Waals surface area contributed by atoms with E-state index in [4.69, 9.17) is 15.9 Å². The molecule has 0 bridgehead atoms. The molecule has 0 saturated heterocycles. The normalized spacial score (nSPS) is 10.5. The molecule has 0 radical (unpaired) electrons. The zero-order valence-corrected chi connectivity index (χ0v) is 16.2. The Morgan fingerprint density at radius 2 is 1.96 bits per heavy atom. The lowest BCUT2D eigenvalue weighted by atomic mass is 10.1. The minimum Gasteiger partial charge on any atom is -0.490 e. The molecule has 0 aliphatic heterocycles. The zero-order chi connectivity index (χ0) is 20.5. The number of benzene rings is 2. The lowest BCUT2D eigenvalue weighted by Gasteiger charge is -2.11.